The van der Waals surface area contributed by atoms with Crippen LogP contribution in [0.3, 0.4) is 0 Å². The van der Waals surface area contributed by atoms with Gasteiger partial charge in [0.1, 0.15) is 17.3 Å². The first-order valence-corrected chi connectivity index (χ1v) is 23.2. The van der Waals surface area contributed by atoms with Crippen molar-refractivity contribution in [3.8, 4) is 62.2 Å². The summed E-state index contributed by atoms with van der Waals surface area (Å²) in [5.41, 5.74) is 10.3. The van der Waals surface area contributed by atoms with Gasteiger partial charge in [0.2, 0.25) is 0 Å². The molecule has 0 aliphatic carbocycles. The van der Waals surface area contributed by atoms with Gasteiger partial charge in [0.25, 0.3) is 0 Å². The fourth-order valence-electron chi connectivity index (χ4n) is 9.34. The van der Waals surface area contributed by atoms with Crippen molar-refractivity contribution in [2.75, 3.05) is 9.80 Å². The third-order valence-electron chi connectivity index (χ3n) is 13.0. The Bertz CT molecular complexity index is 3920. The van der Waals surface area contributed by atoms with Crippen LogP contribution >= 0.6 is 0 Å². The molecule has 5 aliphatic heterocycles. The molecule has 8 aromatic carbocycles. The fourth-order valence-corrected chi connectivity index (χ4v) is 9.34. The minimum Gasteiger partial charge on any atom is -0.509 e. The number of para-hydroxylation sites is 2. The predicted molar refractivity (Wildman–Crippen MR) is 283 cm³/mol. The Hall–Kier alpha value is -7.40. The summed E-state index contributed by atoms with van der Waals surface area (Å²) in [6.45, 7) is 12.0. The average Bonchev–Trinajstić information content (AvgIpc) is 3.97. The minimum absolute atomic E-state index is 0. The van der Waals surface area contributed by atoms with E-state index >= 15 is 0 Å². The van der Waals surface area contributed by atoms with Crippen molar-refractivity contribution in [2.45, 2.75) is 59.2 Å². The zero-order valence-corrected chi connectivity index (χ0v) is 41.8. The van der Waals surface area contributed by atoms with E-state index in [4.69, 9.17) is 18.6 Å². The van der Waals surface area contributed by atoms with Gasteiger partial charge in [-0.05, 0) is 117 Å². The van der Waals surface area contributed by atoms with Gasteiger partial charge in [-0.25, -0.2) is 4.98 Å². The van der Waals surface area contributed by atoms with Gasteiger partial charge in [0.15, 0.2) is 0 Å². The number of ether oxygens (including phenoxy) is 2. The van der Waals surface area contributed by atoms with E-state index in [1.807, 2.05) is 93.6 Å². The van der Waals surface area contributed by atoms with E-state index in [0.717, 1.165) is 45.0 Å². The molecule has 0 saturated heterocycles. The Morgan fingerprint density at radius 2 is 1.21 bits per heavy atom. The quantitative estimate of drug-likeness (QED) is 0.153. The maximum atomic E-state index is 9.62. The standard InChI is InChI=1S/C63H51N4O2.Pt/c1-40-32-60-64-38-55(40)43-22-27-48(28-23-43)68-47-25-20-42(21-26-47)53-35-45(63(5,6)7)34-52(41-14-9-8-10-15-41)61(53)66-39-65(57-18-11-12-19-58(57)66)46-16-13-17-49(36-46)69-50-29-30-51-54-33-44(62(2,3)4)24-31-56(54)67(60)59(51)37-50;/h8-35,38-39H,1-7H3;/q-3;/i1D3,24D,31D,33D;. The van der Waals surface area contributed by atoms with E-state index in [1.165, 1.54) is 17.8 Å². The topological polar surface area (TPSA) is 42.8 Å². The third-order valence-corrected chi connectivity index (χ3v) is 13.0. The molecular formula is C63H51N4O2Pt-3. The molecule has 0 amide bonds. The van der Waals surface area contributed by atoms with E-state index < -0.39 is 12.3 Å². The number of hydrogen-bond acceptors (Lipinski definition) is 5. The van der Waals surface area contributed by atoms with Crippen LogP contribution in [0.5, 0.6) is 23.0 Å². The minimum atomic E-state index is -2.59. The summed E-state index contributed by atoms with van der Waals surface area (Å²) in [5.74, 6) is 2.09. The normalized spacial score (nSPS) is 14.5. The number of rotatable bonds is 1. The number of pyridine rings is 1. The average molecular weight is 1100 g/mol. The van der Waals surface area contributed by atoms with Crippen LogP contribution in [0, 0.1) is 25.7 Å². The summed E-state index contributed by atoms with van der Waals surface area (Å²) in [5, 5.41) is 1.01. The number of fused-ring (bicyclic) bond motifs is 6. The van der Waals surface area contributed by atoms with Gasteiger partial charge >= 0.3 is 0 Å². The Morgan fingerprint density at radius 3 is 1.89 bits per heavy atom. The number of benzene rings is 8. The Morgan fingerprint density at radius 1 is 0.586 bits per heavy atom. The Balaban J connectivity index is 0.00000616. The van der Waals surface area contributed by atoms with Gasteiger partial charge in [-0.3, -0.25) is 0 Å². The molecule has 348 valence electrons. The summed E-state index contributed by atoms with van der Waals surface area (Å²) in [6.07, 6.45) is 1.53. The van der Waals surface area contributed by atoms with Gasteiger partial charge < -0.3 is 23.8 Å². The molecule has 15 rings (SSSR count). The second kappa shape index (κ2) is 17.2. The SMILES string of the molecule is [2H]c1c(C(C)(C)C)c([2H])c2c3ccc4[c-]c3n(c2c1[2H])-c1cc(C([2H])([2H])[2H])c(cn1)-c1ccc(cc1)Oc1ccc(cc1)-c1cc(C(C)(C)C)cc(-c2ccccc2)c1N1[CH-]N(c2[c-]c(ccc2)O4)c2ccccc21.[Pt]. The Labute approximate surface area is 433 Å². The van der Waals surface area contributed by atoms with Gasteiger partial charge in [-0.2, -0.15) is 12.1 Å². The predicted octanol–water partition coefficient (Wildman–Crippen LogP) is 17.0. The number of aromatic nitrogens is 2. The summed E-state index contributed by atoms with van der Waals surface area (Å²) < 4.78 is 69.6. The molecule has 10 aromatic rings. The summed E-state index contributed by atoms with van der Waals surface area (Å²) >= 11 is 0. The first-order valence-electron chi connectivity index (χ1n) is 26.2. The summed E-state index contributed by atoms with van der Waals surface area (Å²) in [6, 6.07) is 56.6. The maximum Gasteiger partial charge on any atom is 0.135 e. The third kappa shape index (κ3) is 7.94. The maximum absolute atomic E-state index is 9.62. The fraction of sp³-hybridized carbons (Fsp3) is 0.143. The molecule has 7 heteroatoms. The van der Waals surface area contributed by atoms with Crippen LogP contribution in [0.25, 0.3) is 61.0 Å². The van der Waals surface area contributed by atoms with Crippen molar-refractivity contribution in [3.05, 3.63) is 211 Å². The zero-order valence-electron chi connectivity index (χ0n) is 45.5. The molecule has 5 aliphatic rings. The van der Waals surface area contributed by atoms with Crippen molar-refractivity contribution < 1.29 is 38.8 Å². The van der Waals surface area contributed by atoms with Gasteiger partial charge in [0, 0.05) is 82.1 Å². The molecule has 0 fully saturated rings. The largest absolute Gasteiger partial charge is 0.509 e. The number of nitrogens with zero attached hydrogens (tertiary/aromatic N) is 4. The van der Waals surface area contributed by atoms with E-state index in [2.05, 4.69) is 116 Å². The summed E-state index contributed by atoms with van der Waals surface area (Å²) in [7, 11) is 0. The van der Waals surface area contributed by atoms with Crippen LogP contribution in [-0.2, 0) is 31.9 Å². The molecular weight excluding hydrogens is 1040 g/mol. The molecule has 0 radical (unpaired) electrons. The van der Waals surface area contributed by atoms with Crippen LogP contribution in [0.2, 0.25) is 0 Å². The van der Waals surface area contributed by atoms with Crippen molar-refractivity contribution in [2.24, 2.45) is 0 Å². The molecule has 12 bridgehead atoms. The van der Waals surface area contributed by atoms with E-state index in [0.29, 0.717) is 56.0 Å². The molecule has 7 heterocycles. The second-order valence-corrected chi connectivity index (χ2v) is 19.8. The molecule has 6 nitrogen and oxygen atoms in total. The molecule has 0 unspecified atom stereocenters. The number of hydrogen-bond donors (Lipinski definition) is 0. The van der Waals surface area contributed by atoms with Gasteiger partial charge in [-0.15, -0.1) is 48.1 Å². The van der Waals surface area contributed by atoms with Crippen LogP contribution in [0.1, 0.15) is 66.5 Å². The van der Waals surface area contributed by atoms with Crippen LogP contribution in [-0.4, -0.2) is 9.55 Å². The van der Waals surface area contributed by atoms with Crippen LogP contribution < -0.4 is 19.3 Å². The van der Waals surface area contributed by atoms with Gasteiger partial charge in [-0.1, -0.05) is 126 Å². The molecule has 0 N–H and O–H groups in total. The number of anilines is 4. The van der Waals surface area contributed by atoms with Crippen LogP contribution in [0.15, 0.2) is 176 Å². The molecule has 0 atom stereocenters. The zero-order chi connectivity index (χ0) is 52.3. The molecule has 0 saturated carbocycles. The Kier molecular flexibility index (Phi) is 9.46. The number of aryl methyl sites for hydroxylation is 1. The first-order chi connectivity index (χ1) is 35.8. The van der Waals surface area contributed by atoms with Gasteiger partial charge in [0.05, 0.1) is 4.11 Å². The summed E-state index contributed by atoms with van der Waals surface area (Å²) in [4.78, 5) is 9.28. The van der Waals surface area contributed by atoms with Crippen molar-refractivity contribution in [1.29, 1.82) is 0 Å². The monoisotopic (exact) mass is 1100 g/mol. The first kappa shape index (κ1) is 38.4. The smallest absolute Gasteiger partial charge is 0.135 e. The van der Waals surface area contributed by atoms with Crippen LogP contribution in [0.4, 0.5) is 22.7 Å². The van der Waals surface area contributed by atoms with E-state index in [-0.39, 0.29) is 61.5 Å². The second-order valence-electron chi connectivity index (χ2n) is 19.8. The molecule has 2 aromatic heterocycles. The van der Waals surface area contributed by atoms with Crippen molar-refractivity contribution >= 4 is 44.6 Å². The van der Waals surface area contributed by atoms with Crippen molar-refractivity contribution in [3.63, 3.8) is 0 Å². The molecule has 70 heavy (non-hydrogen) atoms. The van der Waals surface area contributed by atoms with E-state index in [1.54, 1.807) is 10.6 Å². The van der Waals surface area contributed by atoms with Crippen molar-refractivity contribution in [1.82, 2.24) is 9.55 Å². The van der Waals surface area contributed by atoms with E-state index in [9.17, 15) is 4.11 Å². The molecule has 0 spiro atoms.